The number of nitrogens with zero attached hydrogens (tertiary/aromatic N) is 3. The molecule has 0 bridgehead atoms. The minimum atomic E-state index is -1.38. The SMILES string of the molecule is N#CNC(=NC[C@H](NC(=O)c1c(Cl)cc2c(c1Cl)CCN(Cc1cc3ccccc3o1)C2)C(=O)O)C1CC[C@H](O)C1. The van der Waals surface area contributed by atoms with Gasteiger partial charge in [0.05, 0.1) is 34.8 Å². The van der Waals surface area contributed by atoms with Crippen molar-refractivity contribution < 1.29 is 24.2 Å². The van der Waals surface area contributed by atoms with Crippen LogP contribution in [0.2, 0.25) is 10.0 Å². The molecule has 1 aliphatic carbocycles. The van der Waals surface area contributed by atoms with Gasteiger partial charge in [-0.2, -0.15) is 5.26 Å². The molecule has 2 heterocycles. The highest BCUT2D eigenvalue weighted by atomic mass is 35.5. The zero-order valence-corrected chi connectivity index (χ0v) is 23.6. The first-order valence-corrected chi connectivity index (χ1v) is 14.1. The number of hydrogen-bond donors (Lipinski definition) is 4. The summed E-state index contributed by atoms with van der Waals surface area (Å²) in [5.74, 6) is -1.06. The number of aliphatic hydroxyl groups is 1. The van der Waals surface area contributed by atoms with Crippen LogP contribution in [0.5, 0.6) is 0 Å². The molecular weight excluding hydrogens is 569 g/mol. The van der Waals surface area contributed by atoms with E-state index in [1.54, 1.807) is 12.3 Å². The Bertz CT molecular complexity index is 1520. The topological polar surface area (TPSA) is 151 Å². The predicted molar refractivity (Wildman–Crippen MR) is 154 cm³/mol. The molecule has 0 saturated heterocycles. The van der Waals surface area contributed by atoms with E-state index in [4.69, 9.17) is 32.9 Å². The third kappa shape index (κ3) is 6.49. The van der Waals surface area contributed by atoms with Crippen molar-refractivity contribution in [1.29, 1.82) is 5.26 Å². The van der Waals surface area contributed by atoms with Crippen molar-refractivity contribution >= 4 is 51.9 Å². The number of aliphatic hydroxyl groups excluding tert-OH is 1. The lowest BCUT2D eigenvalue weighted by Crippen LogP contribution is -2.44. The molecule has 12 heteroatoms. The lowest BCUT2D eigenvalue weighted by atomic mass is 9.96. The first kappa shape index (κ1) is 28.9. The molecule has 10 nitrogen and oxygen atoms in total. The van der Waals surface area contributed by atoms with Gasteiger partial charge in [-0.15, -0.1) is 0 Å². The summed E-state index contributed by atoms with van der Waals surface area (Å²) in [4.78, 5) is 31.7. The van der Waals surface area contributed by atoms with Crippen LogP contribution < -0.4 is 10.6 Å². The molecule has 0 radical (unpaired) electrons. The molecule has 3 aromatic rings. The van der Waals surface area contributed by atoms with Crippen LogP contribution in [0.4, 0.5) is 0 Å². The van der Waals surface area contributed by atoms with E-state index >= 15 is 0 Å². The van der Waals surface area contributed by atoms with E-state index in [-0.39, 0.29) is 28.1 Å². The molecule has 2 aromatic carbocycles. The van der Waals surface area contributed by atoms with E-state index in [0.717, 1.165) is 27.9 Å². The Hall–Kier alpha value is -3.62. The van der Waals surface area contributed by atoms with E-state index in [0.29, 0.717) is 51.2 Å². The van der Waals surface area contributed by atoms with Crippen molar-refractivity contribution in [2.75, 3.05) is 13.1 Å². The number of fused-ring (bicyclic) bond motifs is 2. The number of hydrogen-bond acceptors (Lipinski definition) is 7. The third-order valence-corrected chi connectivity index (χ3v) is 8.31. The van der Waals surface area contributed by atoms with Crippen molar-refractivity contribution in [1.82, 2.24) is 15.5 Å². The Morgan fingerprint density at radius 2 is 2.05 bits per heavy atom. The number of carbonyl (C=O) groups is 2. The minimum absolute atomic E-state index is 0.0161. The first-order chi connectivity index (χ1) is 19.7. The van der Waals surface area contributed by atoms with Crippen LogP contribution in [0.25, 0.3) is 11.0 Å². The summed E-state index contributed by atoms with van der Waals surface area (Å²) < 4.78 is 5.96. The predicted octanol–water partition coefficient (Wildman–Crippen LogP) is 4.11. The van der Waals surface area contributed by atoms with E-state index < -0.39 is 24.0 Å². The first-order valence-electron chi connectivity index (χ1n) is 13.3. The Labute approximate surface area is 246 Å². The number of halogens is 2. The molecule has 41 heavy (non-hydrogen) atoms. The summed E-state index contributed by atoms with van der Waals surface area (Å²) in [6.07, 6.45) is 3.51. The molecule has 3 atom stereocenters. The molecule has 1 aromatic heterocycles. The molecule has 1 aliphatic heterocycles. The number of rotatable bonds is 8. The average Bonchev–Trinajstić information content (AvgIpc) is 3.55. The van der Waals surface area contributed by atoms with Crippen LogP contribution in [-0.2, 0) is 24.3 Å². The highest BCUT2D eigenvalue weighted by molar-refractivity contribution is 6.40. The van der Waals surface area contributed by atoms with Crippen molar-refractivity contribution in [3.63, 3.8) is 0 Å². The van der Waals surface area contributed by atoms with Crippen LogP contribution in [0, 0.1) is 17.4 Å². The number of nitrogens with one attached hydrogen (secondary N) is 2. The quantitative estimate of drug-likeness (QED) is 0.131. The number of carboxylic acid groups (broad SMARTS) is 1. The second-order valence-corrected chi connectivity index (χ2v) is 11.2. The molecule has 1 fully saturated rings. The van der Waals surface area contributed by atoms with E-state index in [9.17, 15) is 19.8 Å². The highest BCUT2D eigenvalue weighted by Gasteiger charge is 2.30. The largest absolute Gasteiger partial charge is 0.480 e. The van der Waals surface area contributed by atoms with E-state index in [1.807, 2.05) is 30.3 Å². The number of furan rings is 1. The van der Waals surface area contributed by atoms with Gasteiger partial charge in [0.1, 0.15) is 23.2 Å². The van der Waals surface area contributed by atoms with E-state index in [2.05, 4.69) is 20.5 Å². The number of para-hydroxylation sites is 1. The van der Waals surface area contributed by atoms with Crippen molar-refractivity contribution in [2.45, 2.75) is 50.9 Å². The van der Waals surface area contributed by atoms with Crippen LogP contribution in [-0.4, -0.2) is 58.1 Å². The standard InChI is InChI=1S/C29H29Cl2N5O5/c30-22-11-18-13-36(14-20-10-16-3-1-2-4-24(16)41-20)8-7-21(18)26(31)25(22)28(38)35-23(29(39)40)12-33-27(34-15-32)17-5-6-19(37)9-17/h1-4,10-11,17,19,23,37H,5-9,12-14H2,(H,33,34)(H,35,38)(H,39,40)/t17?,19-,23-/m0/s1. The van der Waals surface area contributed by atoms with Gasteiger partial charge in [-0.1, -0.05) is 41.4 Å². The van der Waals surface area contributed by atoms with Gasteiger partial charge in [0.2, 0.25) is 0 Å². The lowest BCUT2D eigenvalue weighted by molar-refractivity contribution is -0.138. The zero-order chi connectivity index (χ0) is 29.1. The van der Waals surface area contributed by atoms with Gasteiger partial charge in [0.25, 0.3) is 5.91 Å². The number of carbonyl (C=O) groups excluding carboxylic acids is 1. The number of nitriles is 1. The van der Waals surface area contributed by atoms with Crippen LogP contribution in [0.1, 0.15) is 46.5 Å². The summed E-state index contributed by atoms with van der Waals surface area (Å²) in [5.41, 5.74) is 2.54. The monoisotopic (exact) mass is 597 g/mol. The molecule has 1 saturated carbocycles. The average molecular weight is 598 g/mol. The maximum absolute atomic E-state index is 13.2. The molecule has 2 aliphatic rings. The van der Waals surface area contributed by atoms with Gasteiger partial charge in [0, 0.05) is 24.4 Å². The van der Waals surface area contributed by atoms with Gasteiger partial charge >= 0.3 is 5.97 Å². The smallest absolute Gasteiger partial charge is 0.328 e. The molecule has 5 rings (SSSR count). The van der Waals surface area contributed by atoms with Gasteiger partial charge in [0.15, 0.2) is 6.19 Å². The normalized spacial score (nSPS) is 19.9. The summed E-state index contributed by atoms with van der Waals surface area (Å²) in [7, 11) is 0. The second kappa shape index (κ2) is 12.5. The molecular formula is C29H29Cl2N5O5. The Balaban J connectivity index is 1.29. The van der Waals surface area contributed by atoms with Crippen LogP contribution in [0.15, 0.2) is 45.8 Å². The highest BCUT2D eigenvalue weighted by Crippen LogP contribution is 2.35. The summed E-state index contributed by atoms with van der Waals surface area (Å²) >= 11 is 13.2. The number of carboxylic acids is 1. The molecule has 1 unspecified atom stereocenters. The number of aliphatic imine (C=N–C) groups is 1. The number of amidine groups is 1. The fourth-order valence-corrected chi connectivity index (χ4v) is 6.29. The van der Waals surface area contributed by atoms with Gasteiger partial charge in [-0.25, -0.2) is 4.79 Å². The van der Waals surface area contributed by atoms with Gasteiger partial charge in [-0.3, -0.25) is 20.0 Å². The Kier molecular flexibility index (Phi) is 8.80. The summed E-state index contributed by atoms with van der Waals surface area (Å²) in [6.45, 7) is 1.54. The van der Waals surface area contributed by atoms with Gasteiger partial charge in [-0.05, 0) is 55.0 Å². The maximum atomic E-state index is 13.2. The molecule has 0 spiro atoms. The molecule has 4 N–H and O–H groups in total. The maximum Gasteiger partial charge on any atom is 0.328 e. The van der Waals surface area contributed by atoms with Crippen molar-refractivity contribution in [3.05, 3.63) is 68.9 Å². The number of aliphatic carboxylic acids is 1. The fourth-order valence-electron chi connectivity index (χ4n) is 5.53. The van der Waals surface area contributed by atoms with Crippen LogP contribution in [0.3, 0.4) is 0 Å². The number of benzene rings is 2. The molecule has 214 valence electrons. The Morgan fingerprint density at radius 1 is 1.24 bits per heavy atom. The molecule has 1 amide bonds. The third-order valence-electron chi connectivity index (χ3n) is 7.59. The Morgan fingerprint density at radius 3 is 2.76 bits per heavy atom. The summed E-state index contributed by atoms with van der Waals surface area (Å²) in [5, 5.41) is 35.0. The zero-order valence-electron chi connectivity index (χ0n) is 22.1. The minimum Gasteiger partial charge on any atom is -0.480 e. The van der Waals surface area contributed by atoms with Crippen molar-refractivity contribution in [2.24, 2.45) is 10.9 Å². The fraction of sp³-hybridized carbons (Fsp3) is 0.379. The number of amides is 1. The second-order valence-electron chi connectivity index (χ2n) is 10.4. The summed E-state index contributed by atoms with van der Waals surface area (Å²) in [6, 6.07) is 10.2. The van der Waals surface area contributed by atoms with Crippen LogP contribution >= 0.6 is 23.2 Å². The van der Waals surface area contributed by atoms with Gasteiger partial charge < -0.3 is 19.9 Å². The van der Waals surface area contributed by atoms with E-state index in [1.165, 1.54) is 0 Å². The lowest BCUT2D eigenvalue weighted by Gasteiger charge is -2.29. The van der Waals surface area contributed by atoms with Crippen molar-refractivity contribution in [3.8, 4) is 6.19 Å².